The third-order valence-electron chi connectivity index (χ3n) is 2.91. The van der Waals surface area contributed by atoms with Gasteiger partial charge in [0.1, 0.15) is 5.75 Å². The molecule has 2 aliphatic carbocycles. The van der Waals surface area contributed by atoms with E-state index in [-0.39, 0.29) is 11.6 Å². The Balaban J connectivity index is 2.33. The van der Waals surface area contributed by atoms with Gasteiger partial charge in [-0.25, -0.2) is 0 Å². The molecule has 0 aliphatic heterocycles. The number of carbonyl (C=O) groups excluding carboxylic acids is 2. The zero-order valence-corrected chi connectivity index (χ0v) is 7.72. The Hall–Kier alpha value is -1.64. The number of carbonyl (C=O) groups is 2. The standard InChI is InChI=1S/C11H8O3/c1-14-11-9-5(3-7(9)12)2-6-4-8(13)10(6)11/h2H,3-4H2,1H3. The fourth-order valence-electron chi connectivity index (χ4n) is 2.18. The van der Waals surface area contributed by atoms with Crippen molar-refractivity contribution in [1.29, 1.82) is 0 Å². The van der Waals surface area contributed by atoms with Gasteiger partial charge in [-0.15, -0.1) is 0 Å². The number of benzene rings is 1. The highest BCUT2D eigenvalue weighted by Crippen LogP contribution is 2.41. The molecule has 0 heterocycles. The Kier molecular flexibility index (Phi) is 1.23. The molecule has 0 bridgehead atoms. The molecule has 2 aliphatic rings. The van der Waals surface area contributed by atoms with Gasteiger partial charge in [-0.1, -0.05) is 6.07 Å². The van der Waals surface area contributed by atoms with Gasteiger partial charge in [0.25, 0.3) is 0 Å². The highest BCUT2D eigenvalue weighted by Gasteiger charge is 2.37. The molecule has 0 aromatic heterocycles. The minimum absolute atomic E-state index is 0.0827. The Bertz CT molecular complexity index is 446. The molecule has 0 atom stereocenters. The molecule has 1 aromatic carbocycles. The number of hydrogen-bond acceptors (Lipinski definition) is 3. The first-order valence-corrected chi connectivity index (χ1v) is 4.51. The van der Waals surface area contributed by atoms with Crippen molar-refractivity contribution in [1.82, 2.24) is 0 Å². The summed E-state index contributed by atoms with van der Waals surface area (Å²) < 4.78 is 5.14. The lowest BCUT2D eigenvalue weighted by atomic mass is 9.76. The van der Waals surface area contributed by atoms with Crippen LogP contribution in [0, 0.1) is 0 Å². The Labute approximate surface area is 80.7 Å². The number of rotatable bonds is 1. The summed E-state index contributed by atoms with van der Waals surface area (Å²) in [7, 11) is 1.51. The molecule has 1 aromatic rings. The second-order valence-electron chi connectivity index (χ2n) is 3.68. The summed E-state index contributed by atoms with van der Waals surface area (Å²) in [5.41, 5.74) is 3.30. The average Bonchev–Trinajstić information content (AvgIpc) is 2.13. The number of Topliss-reactive ketones (excluding diaryl/α,β-unsaturated/α-hetero) is 2. The van der Waals surface area contributed by atoms with Crippen molar-refractivity contribution in [2.45, 2.75) is 12.8 Å². The van der Waals surface area contributed by atoms with Gasteiger partial charge in [-0.3, -0.25) is 9.59 Å². The van der Waals surface area contributed by atoms with Crippen LogP contribution >= 0.6 is 0 Å². The fraction of sp³-hybridized carbons (Fsp3) is 0.273. The lowest BCUT2D eigenvalue weighted by Gasteiger charge is -2.28. The maximum atomic E-state index is 11.3. The first-order chi connectivity index (χ1) is 6.72. The molecule has 0 radical (unpaired) electrons. The number of ether oxygens (including phenoxy) is 1. The Morgan fingerprint density at radius 2 is 1.57 bits per heavy atom. The molecule has 0 fully saturated rings. The largest absolute Gasteiger partial charge is 0.495 e. The first-order valence-electron chi connectivity index (χ1n) is 4.51. The number of fused-ring (bicyclic) bond motifs is 2. The number of ketones is 2. The lowest BCUT2D eigenvalue weighted by Crippen LogP contribution is -2.28. The first kappa shape index (κ1) is 7.74. The minimum atomic E-state index is 0.0827. The molecule has 3 rings (SSSR count). The van der Waals surface area contributed by atoms with Crippen LogP contribution in [0.5, 0.6) is 5.75 Å². The summed E-state index contributed by atoms with van der Waals surface area (Å²) in [6.45, 7) is 0. The summed E-state index contributed by atoms with van der Waals surface area (Å²) in [4.78, 5) is 22.6. The minimum Gasteiger partial charge on any atom is -0.495 e. The van der Waals surface area contributed by atoms with E-state index in [1.165, 1.54) is 7.11 Å². The van der Waals surface area contributed by atoms with E-state index < -0.39 is 0 Å². The van der Waals surface area contributed by atoms with Gasteiger partial charge >= 0.3 is 0 Å². The van der Waals surface area contributed by atoms with Crippen molar-refractivity contribution in [2.24, 2.45) is 0 Å². The SMILES string of the molecule is COc1c2c(cc3c1C(=O)C3)CC2=O. The summed E-state index contributed by atoms with van der Waals surface area (Å²) in [6, 6.07) is 1.95. The van der Waals surface area contributed by atoms with Gasteiger partial charge in [0.2, 0.25) is 0 Å². The van der Waals surface area contributed by atoms with E-state index in [0.29, 0.717) is 29.7 Å². The molecule has 0 N–H and O–H groups in total. The van der Waals surface area contributed by atoms with Crippen LogP contribution in [0.25, 0.3) is 0 Å². The van der Waals surface area contributed by atoms with Crippen LogP contribution in [0.1, 0.15) is 31.8 Å². The smallest absolute Gasteiger partial charge is 0.171 e. The van der Waals surface area contributed by atoms with Crippen molar-refractivity contribution in [3.63, 3.8) is 0 Å². The van der Waals surface area contributed by atoms with Gasteiger partial charge in [0.05, 0.1) is 18.2 Å². The lowest BCUT2D eigenvalue weighted by molar-refractivity contribution is 0.0955. The van der Waals surface area contributed by atoms with Crippen LogP contribution < -0.4 is 4.74 Å². The summed E-state index contributed by atoms with van der Waals surface area (Å²) in [5.74, 6) is 0.670. The predicted octanol–water partition coefficient (Wildman–Crippen LogP) is 1.17. The Morgan fingerprint density at radius 3 is 1.93 bits per heavy atom. The average molecular weight is 188 g/mol. The van der Waals surface area contributed by atoms with Crippen molar-refractivity contribution in [2.75, 3.05) is 7.11 Å². The second-order valence-corrected chi connectivity index (χ2v) is 3.68. The summed E-state index contributed by atoms with van der Waals surface area (Å²) >= 11 is 0. The van der Waals surface area contributed by atoms with Crippen LogP contribution in [-0.2, 0) is 12.8 Å². The van der Waals surface area contributed by atoms with E-state index >= 15 is 0 Å². The quantitative estimate of drug-likeness (QED) is 0.664. The number of hydrogen-bond donors (Lipinski definition) is 0. The maximum absolute atomic E-state index is 11.3. The second kappa shape index (κ2) is 2.23. The molecule has 3 heteroatoms. The van der Waals surface area contributed by atoms with E-state index in [4.69, 9.17) is 4.74 Å². The van der Waals surface area contributed by atoms with Crippen LogP contribution in [0.4, 0.5) is 0 Å². The molecule has 70 valence electrons. The third kappa shape index (κ3) is 0.687. The molecule has 0 saturated carbocycles. The zero-order valence-electron chi connectivity index (χ0n) is 7.72. The zero-order chi connectivity index (χ0) is 9.87. The highest BCUT2D eigenvalue weighted by molar-refractivity contribution is 6.16. The van der Waals surface area contributed by atoms with Crippen LogP contribution in [0.15, 0.2) is 6.07 Å². The van der Waals surface area contributed by atoms with Gasteiger partial charge < -0.3 is 4.74 Å². The van der Waals surface area contributed by atoms with E-state index in [2.05, 4.69) is 0 Å². The normalized spacial score (nSPS) is 16.6. The fourth-order valence-corrected chi connectivity index (χ4v) is 2.18. The van der Waals surface area contributed by atoms with Gasteiger partial charge in [-0.2, -0.15) is 0 Å². The molecule has 0 spiro atoms. The monoisotopic (exact) mass is 188 g/mol. The number of methoxy groups -OCH3 is 1. The van der Waals surface area contributed by atoms with Gasteiger partial charge in [-0.05, 0) is 11.1 Å². The molecular weight excluding hydrogens is 180 g/mol. The third-order valence-corrected chi connectivity index (χ3v) is 2.91. The van der Waals surface area contributed by atoms with E-state index in [9.17, 15) is 9.59 Å². The molecular formula is C11H8O3. The van der Waals surface area contributed by atoms with E-state index in [1.807, 2.05) is 6.07 Å². The van der Waals surface area contributed by atoms with Crippen LogP contribution in [-0.4, -0.2) is 18.7 Å². The molecule has 3 nitrogen and oxygen atoms in total. The van der Waals surface area contributed by atoms with Crippen molar-refractivity contribution >= 4 is 11.6 Å². The molecule has 14 heavy (non-hydrogen) atoms. The maximum Gasteiger partial charge on any atom is 0.171 e. The summed E-state index contributed by atoms with van der Waals surface area (Å²) in [5, 5.41) is 0. The molecule has 0 unspecified atom stereocenters. The van der Waals surface area contributed by atoms with Gasteiger partial charge in [0.15, 0.2) is 11.6 Å². The van der Waals surface area contributed by atoms with Crippen LogP contribution in [0.3, 0.4) is 0 Å². The van der Waals surface area contributed by atoms with Gasteiger partial charge in [0, 0.05) is 12.8 Å². The van der Waals surface area contributed by atoms with E-state index in [1.54, 1.807) is 0 Å². The van der Waals surface area contributed by atoms with Crippen LogP contribution in [0.2, 0.25) is 0 Å². The van der Waals surface area contributed by atoms with E-state index in [0.717, 1.165) is 11.1 Å². The Morgan fingerprint density at radius 1 is 1.07 bits per heavy atom. The summed E-state index contributed by atoms with van der Waals surface area (Å²) in [6.07, 6.45) is 0.986. The predicted molar refractivity (Wildman–Crippen MR) is 49.1 cm³/mol. The highest BCUT2D eigenvalue weighted by atomic mass is 16.5. The van der Waals surface area contributed by atoms with Crippen molar-refractivity contribution < 1.29 is 14.3 Å². The topological polar surface area (TPSA) is 43.4 Å². The molecule has 0 amide bonds. The van der Waals surface area contributed by atoms with Crippen molar-refractivity contribution in [3.8, 4) is 5.75 Å². The molecule has 0 saturated heterocycles. The van der Waals surface area contributed by atoms with Crippen molar-refractivity contribution in [3.05, 3.63) is 28.3 Å².